The van der Waals surface area contributed by atoms with E-state index in [0.29, 0.717) is 0 Å². The maximum absolute atomic E-state index is 11.7. The van der Waals surface area contributed by atoms with Crippen molar-refractivity contribution in [3.8, 4) is 0 Å². The van der Waals surface area contributed by atoms with Crippen molar-refractivity contribution >= 4 is 53.6 Å². The summed E-state index contributed by atoms with van der Waals surface area (Å²) in [5.41, 5.74) is 0.0819. The van der Waals surface area contributed by atoms with Crippen molar-refractivity contribution in [1.29, 1.82) is 0 Å². The monoisotopic (exact) mass is 388 g/mol. The van der Waals surface area contributed by atoms with E-state index in [-0.39, 0.29) is 29.0 Å². The highest BCUT2D eigenvalue weighted by atomic mass is 80.0. The molecular formula is C9H11Br3O2. The summed E-state index contributed by atoms with van der Waals surface area (Å²) < 4.78 is -0.571. The van der Waals surface area contributed by atoms with Gasteiger partial charge in [0.25, 0.3) is 0 Å². The van der Waals surface area contributed by atoms with Crippen LogP contribution in [0.3, 0.4) is 0 Å². The standard InChI is InChI=1S/C9H11Br3O2/c1-8(2)3-4(8)6(13)7(14)5(3)9(10,11)12/h3-6,13H,1-2H3/t3-,4-,5+,6-/m0/s1. The van der Waals surface area contributed by atoms with Crippen LogP contribution in [0.25, 0.3) is 0 Å². The van der Waals surface area contributed by atoms with Gasteiger partial charge in [0, 0.05) is 5.92 Å². The minimum Gasteiger partial charge on any atom is -0.385 e. The number of carbonyl (C=O) groups excluding carboxylic acids is 1. The van der Waals surface area contributed by atoms with Gasteiger partial charge in [0.1, 0.15) is 8.25 Å². The van der Waals surface area contributed by atoms with Crippen molar-refractivity contribution in [3.63, 3.8) is 0 Å². The second-order valence-electron chi connectivity index (χ2n) is 4.74. The van der Waals surface area contributed by atoms with Crippen molar-refractivity contribution in [2.24, 2.45) is 23.2 Å². The van der Waals surface area contributed by atoms with Crippen LogP contribution in [0, 0.1) is 23.2 Å². The van der Waals surface area contributed by atoms with Crippen molar-refractivity contribution in [3.05, 3.63) is 0 Å². The van der Waals surface area contributed by atoms with E-state index in [9.17, 15) is 9.90 Å². The van der Waals surface area contributed by atoms with Gasteiger partial charge in [-0.25, -0.2) is 0 Å². The molecule has 0 heterocycles. The first kappa shape index (κ1) is 11.6. The van der Waals surface area contributed by atoms with Crippen LogP contribution in [-0.2, 0) is 4.79 Å². The predicted octanol–water partition coefficient (Wildman–Crippen LogP) is 2.66. The molecule has 0 aliphatic heterocycles. The molecule has 0 unspecified atom stereocenters. The Kier molecular flexibility index (Phi) is 2.52. The molecule has 4 atom stereocenters. The third-order valence-electron chi connectivity index (χ3n) is 3.65. The molecule has 0 aromatic carbocycles. The van der Waals surface area contributed by atoms with Gasteiger partial charge in [-0.1, -0.05) is 61.6 Å². The highest BCUT2D eigenvalue weighted by molar-refractivity contribution is 9.39. The largest absolute Gasteiger partial charge is 0.385 e. The Bertz CT molecular complexity index is 295. The number of halogens is 3. The summed E-state index contributed by atoms with van der Waals surface area (Å²) in [6, 6.07) is 0. The van der Waals surface area contributed by atoms with Crippen molar-refractivity contribution in [2.75, 3.05) is 0 Å². The number of ketones is 1. The first-order valence-electron chi connectivity index (χ1n) is 4.47. The Balaban J connectivity index is 2.32. The Morgan fingerprint density at radius 3 is 2.07 bits per heavy atom. The fourth-order valence-corrected chi connectivity index (χ4v) is 4.39. The molecule has 0 bridgehead atoms. The zero-order chi connectivity index (χ0) is 10.9. The summed E-state index contributed by atoms with van der Waals surface area (Å²) in [6.07, 6.45) is -0.785. The van der Waals surface area contributed by atoms with Crippen LogP contribution in [0.5, 0.6) is 0 Å². The third-order valence-corrected chi connectivity index (χ3v) is 5.13. The van der Waals surface area contributed by atoms with Crippen LogP contribution in [0.1, 0.15) is 13.8 Å². The molecule has 2 aliphatic carbocycles. The fraction of sp³-hybridized carbons (Fsp3) is 0.889. The van der Waals surface area contributed by atoms with Crippen LogP contribution >= 0.6 is 47.8 Å². The number of Topliss-reactive ketones (excluding diaryl/α,β-unsaturated/α-hetero) is 1. The van der Waals surface area contributed by atoms with Crippen LogP contribution in [-0.4, -0.2) is 19.1 Å². The number of carbonyl (C=O) groups is 1. The third kappa shape index (κ3) is 1.39. The first-order chi connectivity index (χ1) is 6.19. The number of rotatable bonds is 0. The smallest absolute Gasteiger partial charge is 0.168 e. The molecule has 0 radical (unpaired) electrons. The maximum Gasteiger partial charge on any atom is 0.168 e. The van der Waals surface area contributed by atoms with Gasteiger partial charge in [-0.15, -0.1) is 0 Å². The molecule has 0 aromatic rings. The maximum atomic E-state index is 11.7. The molecule has 2 nitrogen and oxygen atoms in total. The molecule has 0 saturated heterocycles. The molecule has 80 valence electrons. The van der Waals surface area contributed by atoms with Gasteiger partial charge in [-0.3, -0.25) is 4.79 Å². The number of alkyl halides is 3. The lowest BCUT2D eigenvalue weighted by atomic mass is 9.92. The van der Waals surface area contributed by atoms with Crippen molar-refractivity contribution in [1.82, 2.24) is 0 Å². The average molecular weight is 391 g/mol. The number of hydrogen-bond donors (Lipinski definition) is 1. The zero-order valence-corrected chi connectivity index (χ0v) is 12.6. The molecule has 2 fully saturated rings. The highest BCUT2D eigenvalue weighted by Crippen LogP contribution is 2.71. The molecular weight excluding hydrogens is 380 g/mol. The van der Waals surface area contributed by atoms with Crippen LogP contribution in [0.2, 0.25) is 0 Å². The van der Waals surface area contributed by atoms with Gasteiger partial charge >= 0.3 is 0 Å². The zero-order valence-electron chi connectivity index (χ0n) is 7.80. The van der Waals surface area contributed by atoms with E-state index >= 15 is 0 Å². The number of fused-ring (bicyclic) bond motifs is 1. The quantitative estimate of drug-likeness (QED) is 0.646. The molecule has 5 heteroatoms. The summed E-state index contributed by atoms with van der Waals surface area (Å²) >= 11 is 10.2. The fourth-order valence-electron chi connectivity index (χ4n) is 2.86. The second-order valence-corrected chi connectivity index (χ2v) is 11.7. The summed E-state index contributed by atoms with van der Waals surface area (Å²) in [5, 5.41) is 9.77. The van der Waals surface area contributed by atoms with E-state index in [0.717, 1.165) is 0 Å². The summed E-state index contributed by atoms with van der Waals surface area (Å²) in [5.74, 6) is 0.137. The molecule has 2 aliphatic rings. The van der Waals surface area contributed by atoms with Crippen molar-refractivity contribution in [2.45, 2.75) is 22.1 Å². The van der Waals surface area contributed by atoms with E-state index in [1.54, 1.807) is 0 Å². The lowest BCUT2D eigenvalue weighted by Gasteiger charge is -2.25. The first-order valence-corrected chi connectivity index (χ1v) is 6.85. The highest BCUT2D eigenvalue weighted by Gasteiger charge is 2.74. The Morgan fingerprint density at radius 1 is 1.29 bits per heavy atom. The van der Waals surface area contributed by atoms with Gasteiger partial charge in [-0.05, 0) is 11.3 Å². The van der Waals surface area contributed by atoms with E-state index in [4.69, 9.17) is 0 Å². The Hall–Kier alpha value is 1.07. The van der Waals surface area contributed by atoms with Gasteiger partial charge in [0.05, 0.1) is 5.92 Å². The average Bonchev–Trinajstić information content (AvgIpc) is 2.34. The van der Waals surface area contributed by atoms with Crippen LogP contribution in [0.15, 0.2) is 0 Å². The lowest BCUT2D eigenvalue weighted by molar-refractivity contribution is -0.130. The molecule has 2 rings (SSSR count). The second kappa shape index (κ2) is 3.05. The Morgan fingerprint density at radius 2 is 1.79 bits per heavy atom. The summed E-state index contributed by atoms with van der Waals surface area (Å²) in [6.45, 7) is 4.20. The topological polar surface area (TPSA) is 37.3 Å². The summed E-state index contributed by atoms with van der Waals surface area (Å²) in [7, 11) is 0. The minimum atomic E-state index is -0.785. The SMILES string of the molecule is CC1(C)[C@H]2[C@H]1[C@@H](C(Br)(Br)Br)C(=O)[C@H]2O. The van der Waals surface area contributed by atoms with E-state index in [2.05, 4.69) is 61.6 Å². The lowest BCUT2D eigenvalue weighted by Crippen LogP contribution is -2.34. The molecule has 1 N–H and O–H groups in total. The van der Waals surface area contributed by atoms with Gasteiger partial charge in [0.15, 0.2) is 5.78 Å². The minimum absolute atomic E-state index is 0.0649. The van der Waals surface area contributed by atoms with Crippen LogP contribution in [0.4, 0.5) is 0 Å². The van der Waals surface area contributed by atoms with Crippen molar-refractivity contribution < 1.29 is 9.90 Å². The molecule has 0 amide bonds. The summed E-state index contributed by atoms with van der Waals surface area (Å²) in [4.78, 5) is 11.7. The molecule has 0 aromatic heterocycles. The van der Waals surface area contributed by atoms with Gasteiger partial charge < -0.3 is 5.11 Å². The number of aliphatic hydroxyl groups excluding tert-OH is 1. The van der Waals surface area contributed by atoms with Crippen LogP contribution < -0.4 is 0 Å². The number of aliphatic hydroxyl groups is 1. The molecule has 0 spiro atoms. The predicted molar refractivity (Wildman–Crippen MR) is 64.8 cm³/mol. The van der Waals surface area contributed by atoms with Gasteiger partial charge in [-0.2, -0.15) is 0 Å². The van der Waals surface area contributed by atoms with E-state index in [1.165, 1.54) is 0 Å². The number of hydrogen-bond acceptors (Lipinski definition) is 2. The van der Waals surface area contributed by atoms with Gasteiger partial charge in [0.2, 0.25) is 0 Å². The van der Waals surface area contributed by atoms with E-state index < -0.39 is 8.25 Å². The molecule has 2 saturated carbocycles. The normalized spacial score (nSPS) is 45.1. The Labute approximate surface area is 108 Å². The molecule has 14 heavy (non-hydrogen) atoms. The van der Waals surface area contributed by atoms with E-state index in [1.807, 2.05) is 0 Å².